The number of aromatic nitrogens is 5. The molecule has 3 N–H and O–H groups in total. The van der Waals surface area contributed by atoms with E-state index in [0.717, 1.165) is 18.5 Å². The van der Waals surface area contributed by atoms with Crippen molar-refractivity contribution in [1.82, 2.24) is 25.0 Å². The van der Waals surface area contributed by atoms with Gasteiger partial charge in [0.2, 0.25) is 0 Å². The Kier molecular flexibility index (Phi) is 2.79. The molecule has 7 nitrogen and oxygen atoms in total. The first-order valence-corrected chi connectivity index (χ1v) is 6.07. The fraction of sp³-hybridized carbons (Fsp3) is 0.250. The van der Waals surface area contributed by atoms with E-state index in [1.54, 1.807) is 17.0 Å². The van der Waals surface area contributed by atoms with Gasteiger partial charge in [-0.25, -0.2) is 4.98 Å². The fourth-order valence-corrected chi connectivity index (χ4v) is 1.86. The van der Waals surface area contributed by atoms with Gasteiger partial charge in [-0.05, 0) is 18.6 Å². The minimum Gasteiger partial charge on any atom is -0.461 e. The molecule has 0 fully saturated rings. The normalized spacial score (nSPS) is 11.0. The van der Waals surface area contributed by atoms with Crippen LogP contribution in [0, 0.1) is 0 Å². The van der Waals surface area contributed by atoms with Gasteiger partial charge in [0.1, 0.15) is 0 Å². The standard InChI is InChI=1S/C12H14N6O/c1-2-5-18-7-8(10(13)17-18)11-14-12(16-15-11)9-4-3-6-19-9/h3-4,6-7H,2,5H2,1H3,(H2,13,17)(H,14,15,16). The molecule has 0 aliphatic heterocycles. The quantitative estimate of drug-likeness (QED) is 0.744. The predicted octanol–water partition coefficient (Wildman–Crippen LogP) is 1.92. The van der Waals surface area contributed by atoms with Crippen molar-refractivity contribution in [2.75, 3.05) is 5.73 Å². The molecule has 7 heteroatoms. The van der Waals surface area contributed by atoms with Crippen LogP contribution in [0.1, 0.15) is 13.3 Å². The lowest BCUT2D eigenvalue weighted by Crippen LogP contribution is -1.97. The third-order valence-electron chi connectivity index (χ3n) is 2.72. The van der Waals surface area contributed by atoms with Crippen LogP contribution in [-0.4, -0.2) is 25.0 Å². The number of nitrogen functional groups attached to an aromatic ring is 1. The lowest BCUT2D eigenvalue weighted by molar-refractivity contribution is 0.577. The monoisotopic (exact) mass is 258 g/mol. The highest BCUT2D eigenvalue weighted by Gasteiger charge is 2.14. The molecule has 3 aromatic heterocycles. The Labute approximate surface area is 109 Å². The smallest absolute Gasteiger partial charge is 0.192 e. The zero-order valence-electron chi connectivity index (χ0n) is 10.5. The van der Waals surface area contributed by atoms with Gasteiger partial charge < -0.3 is 10.2 Å². The molecule has 19 heavy (non-hydrogen) atoms. The molecule has 98 valence electrons. The summed E-state index contributed by atoms with van der Waals surface area (Å²) in [4.78, 5) is 4.36. The minimum absolute atomic E-state index is 0.429. The van der Waals surface area contributed by atoms with E-state index in [-0.39, 0.29) is 0 Å². The summed E-state index contributed by atoms with van der Waals surface area (Å²) in [6.07, 6.45) is 4.44. The first-order valence-electron chi connectivity index (χ1n) is 6.07. The van der Waals surface area contributed by atoms with E-state index in [9.17, 15) is 0 Å². The van der Waals surface area contributed by atoms with Crippen LogP contribution < -0.4 is 5.73 Å². The molecule has 3 aromatic rings. The van der Waals surface area contributed by atoms with E-state index >= 15 is 0 Å². The molecule has 0 spiro atoms. The second-order valence-electron chi connectivity index (χ2n) is 4.18. The van der Waals surface area contributed by atoms with E-state index < -0.39 is 0 Å². The summed E-state index contributed by atoms with van der Waals surface area (Å²) < 4.78 is 7.06. The first-order chi connectivity index (χ1) is 9.28. The Bertz CT molecular complexity index is 666. The molecule has 0 saturated carbocycles. The SMILES string of the molecule is CCCn1cc(-c2n[nH]c(-c3ccco3)n2)c(N)n1. The molecule has 0 atom stereocenters. The molecule has 0 saturated heterocycles. The summed E-state index contributed by atoms with van der Waals surface area (Å²) in [5, 5.41) is 11.2. The van der Waals surface area contributed by atoms with E-state index in [4.69, 9.17) is 10.2 Å². The number of H-pyrrole nitrogens is 1. The van der Waals surface area contributed by atoms with Crippen molar-refractivity contribution >= 4 is 5.82 Å². The molecule has 0 aliphatic rings. The third kappa shape index (κ3) is 2.10. The lowest BCUT2D eigenvalue weighted by atomic mass is 10.3. The Hall–Kier alpha value is -2.57. The van der Waals surface area contributed by atoms with Crippen LogP contribution in [0.25, 0.3) is 23.0 Å². The van der Waals surface area contributed by atoms with E-state index in [1.165, 1.54) is 0 Å². The highest BCUT2D eigenvalue weighted by Crippen LogP contribution is 2.24. The largest absolute Gasteiger partial charge is 0.461 e. The molecule has 0 aliphatic carbocycles. The van der Waals surface area contributed by atoms with E-state index in [0.29, 0.717) is 23.2 Å². The van der Waals surface area contributed by atoms with Gasteiger partial charge in [0, 0.05) is 12.7 Å². The Morgan fingerprint density at radius 1 is 1.47 bits per heavy atom. The van der Waals surface area contributed by atoms with Gasteiger partial charge in [0.25, 0.3) is 0 Å². The van der Waals surface area contributed by atoms with Crippen molar-refractivity contribution in [3.8, 4) is 23.0 Å². The average Bonchev–Trinajstić information content (AvgIpc) is 3.07. The van der Waals surface area contributed by atoms with Crippen LogP contribution in [0.4, 0.5) is 5.82 Å². The lowest BCUT2D eigenvalue weighted by Gasteiger charge is -1.93. The van der Waals surface area contributed by atoms with Crippen LogP contribution in [0.15, 0.2) is 29.0 Å². The maximum atomic E-state index is 5.88. The molecule has 0 amide bonds. The molecule has 0 aromatic carbocycles. The van der Waals surface area contributed by atoms with Crippen molar-refractivity contribution in [1.29, 1.82) is 0 Å². The highest BCUT2D eigenvalue weighted by molar-refractivity contribution is 5.68. The van der Waals surface area contributed by atoms with Crippen molar-refractivity contribution < 1.29 is 4.42 Å². The number of aryl methyl sites for hydroxylation is 1. The predicted molar refractivity (Wildman–Crippen MR) is 70.0 cm³/mol. The van der Waals surface area contributed by atoms with Gasteiger partial charge >= 0.3 is 0 Å². The zero-order chi connectivity index (χ0) is 13.2. The summed E-state index contributed by atoms with van der Waals surface area (Å²) in [6.45, 7) is 2.90. The second kappa shape index (κ2) is 4.60. The highest BCUT2D eigenvalue weighted by atomic mass is 16.3. The Morgan fingerprint density at radius 2 is 2.37 bits per heavy atom. The number of hydrogen-bond acceptors (Lipinski definition) is 5. The van der Waals surface area contributed by atoms with Crippen molar-refractivity contribution in [3.05, 3.63) is 24.6 Å². The number of hydrogen-bond donors (Lipinski definition) is 2. The topological polar surface area (TPSA) is 98.5 Å². The van der Waals surface area contributed by atoms with Crippen LogP contribution in [-0.2, 0) is 6.54 Å². The maximum absolute atomic E-state index is 5.88. The van der Waals surface area contributed by atoms with E-state index in [1.807, 2.05) is 12.3 Å². The fourth-order valence-electron chi connectivity index (χ4n) is 1.86. The van der Waals surface area contributed by atoms with E-state index in [2.05, 4.69) is 27.2 Å². The van der Waals surface area contributed by atoms with Gasteiger partial charge in [-0.1, -0.05) is 6.92 Å². The maximum Gasteiger partial charge on any atom is 0.192 e. The van der Waals surface area contributed by atoms with Crippen LogP contribution >= 0.6 is 0 Å². The summed E-state index contributed by atoms with van der Waals surface area (Å²) in [6, 6.07) is 3.61. The molecule has 3 heterocycles. The van der Waals surface area contributed by atoms with Crippen LogP contribution in [0.5, 0.6) is 0 Å². The molecule has 0 bridgehead atoms. The summed E-state index contributed by atoms with van der Waals surface area (Å²) >= 11 is 0. The average molecular weight is 258 g/mol. The van der Waals surface area contributed by atoms with Crippen LogP contribution in [0.2, 0.25) is 0 Å². The number of aromatic amines is 1. The molecular weight excluding hydrogens is 244 g/mol. The number of rotatable bonds is 4. The third-order valence-corrected chi connectivity index (χ3v) is 2.72. The Morgan fingerprint density at radius 3 is 3.11 bits per heavy atom. The molecular formula is C12H14N6O. The number of nitrogens with two attached hydrogens (primary N) is 1. The van der Waals surface area contributed by atoms with Gasteiger partial charge in [-0.2, -0.15) is 10.2 Å². The minimum atomic E-state index is 0.429. The van der Waals surface area contributed by atoms with Crippen molar-refractivity contribution in [2.45, 2.75) is 19.9 Å². The number of anilines is 1. The zero-order valence-corrected chi connectivity index (χ0v) is 10.5. The van der Waals surface area contributed by atoms with Crippen LogP contribution in [0.3, 0.4) is 0 Å². The Balaban J connectivity index is 1.94. The van der Waals surface area contributed by atoms with Gasteiger partial charge in [0.05, 0.1) is 11.8 Å². The molecule has 0 radical (unpaired) electrons. The van der Waals surface area contributed by atoms with Gasteiger partial charge in [-0.15, -0.1) is 0 Å². The second-order valence-corrected chi connectivity index (χ2v) is 4.18. The molecule has 0 unspecified atom stereocenters. The number of nitrogens with zero attached hydrogens (tertiary/aromatic N) is 4. The summed E-state index contributed by atoms with van der Waals surface area (Å²) in [5.74, 6) is 2.16. The van der Waals surface area contributed by atoms with Gasteiger partial charge in [-0.3, -0.25) is 9.78 Å². The summed E-state index contributed by atoms with van der Waals surface area (Å²) in [5.41, 5.74) is 6.61. The van der Waals surface area contributed by atoms with Crippen molar-refractivity contribution in [2.24, 2.45) is 0 Å². The summed E-state index contributed by atoms with van der Waals surface area (Å²) in [7, 11) is 0. The molecule has 3 rings (SSSR count). The van der Waals surface area contributed by atoms with Gasteiger partial charge in [0.15, 0.2) is 23.2 Å². The number of nitrogens with one attached hydrogen (secondary N) is 1. The first kappa shape index (κ1) is 11.5. The van der Waals surface area contributed by atoms with Crippen molar-refractivity contribution in [3.63, 3.8) is 0 Å². The number of furan rings is 1.